The number of nitrogens with one attached hydrogen (secondary N) is 1. The van der Waals surface area contributed by atoms with Crippen LogP contribution in [0.4, 0.5) is 0 Å². The Morgan fingerprint density at radius 2 is 1.95 bits per heavy atom. The van der Waals surface area contributed by atoms with E-state index in [1.807, 2.05) is 0 Å². The van der Waals surface area contributed by atoms with Crippen LogP contribution in [0.25, 0.3) is 0 Å². The van der Waals surface area contributed by atoms with Crippen LogP contribution in [0.5, 0.6) is 0 Å². The van der Waals surface area contributed by atoms with Crippen molar-refractivity contribution in [3.05, 3.63) is 0 Å². The van der Waals surface area contributed by atoms with Crippen molar-refractivity contribution in [3.63, 3.8) is 0 Å². The minimum absolute atomic E-state index is 0.429. The molecule has 3 unspecified atom stereocenters. The van der Waals surface area contributed by atoms with Crippen LogP contribution in [0.2, 0.25) is 0 Å². The predicted octanol–water partition coefficient (Wildman–Crippen LogP) is 1.81. The van der Waals surface area contributed by atoms with Crippen molar-refractivity contribution in [2.45, 2.75) is 58.3 Å². The van der Waals surface area contributed by atoms with E-state index in [1.165, 1.54) is 38.9 Å². The first-order chi connectivity index (χ1) is 10.0. The van der Waals surface area contributed by atoms with Gasteiger partial charge in [0.05, 0.1) is 12.2 Å². The molecule has 124 valence electrons. The van der Waals surface area contributed by atoms with Crippen LogP contribution in [0.3, 0.4) is 0 Å². The molecule has 2 saturated heterocycles. The zero-order chi connectivity index (χ0) is 15.2. The fourth-order valence-corrected chi connectivity index (χ4v) is 3.55. The van der Waals surface area contributed by atoms with Crippen LogP contribution < -0.4 is 5.32 Å². The molecule has 2 aliphatic heterocycles. The number of rotatable bonds is 6. The van der Waals surface area contributed by atoms with E-state index in [9.17, 15) is 0 Å². The Hall–Kier alpha value is -0.160. The van der Waals surface area contributed by atoms with Crippen LogP contribution in [0.15, 0.2) is 0 Å². The van der Waals surface area contributed by atoms with Gasteiger partial charge in [0.2, 0.25) is 0 Å². The number of nitrogens with zero attached hydrogens (tertiary/aromatic N) is 2. The molecule has 1 N–H and O–H groups in total. The van der Waals surface area contributed by atoms with E-state index in [0.717, 1.165) is 25.6 Å². The standard InChI is InChI=1S/C17H35N3O/c1-14(2)10-18-11-16-6-7-17(21-16)13-20-9-5-8-19(4)12-15(20)3/h14-18H,5-13H2,1-4H3. The lowest BCUT2D eigenvalue weighted by Crippen LogP contribution is -2.42. The van der Waals surface area contributed by atoms with Crippen molar-refractivity contribution >= 4 is 0 Å². The lowest BCUT2D eigenvalue weighted by molar-refractivity contribution is 0.0163. The number of ether oxygens (including phenoxy) is 1. The van der Waals surface area contributed by atoms with Gasteiger partial charge in [-0.3, -0.25) is 4.90 Å². The molecule has 4 nitrogen and oxygen atoms in total. The molecule has 2 aliphatic rings. The zero-order valence-corrected chi connectivity index (χ0v) is 14.5. The third-order valence-corrected chi connectivity index (χ3v) is 4.74. The maximum absolute atomic E-state index is 6.24. The van der Waals surface area contributed by atoms with Gasteiger partial charge in [-0.15, -0.1) is 0 Å². The summed E-state index contributed by atoms with van der Waals surface area (Å²) in [5.41, 5.74) is 0. The summed E-state index contributed by atoms with van der Waals surface area (Å²) < 4.78 is 6.24. The molecule has 2 fully saturated rings. The Labute approximate surface area is 131 Å². The molecule has 3 atom stereocenters. The Balaban J connectivity index is 1.69. The average Bonchev–Trinajstić information content (AvgIpc) is 2.77. The minimum Gasteiger partial charge on any atom is -0.372 e. The SMILES string of the molecule is CC(C)CNCC1CCC(CN2CCCN(C)CC2C)O1. The van der Waals surface area contributed by atoms with Gasteiger partial charge in [-0.1, -0.05) is 13.8 Å². The van der Waals surface area contributed by atoms with Crippen LogP contribution in [-0.4, -0.2) is 74.4 Å². The van der Waals surface area contributed by atoms with Crippen LogP contribution in [0, 0.1) is 5.92 Å². The van der Waals surface area contributed by atoms with E-state index in [1.54, 1.807) is 0 Å². The maximum Gasteiger partial charge on any atom is 0.0707 e. The first-order valence-corrected chi connectivity index (χ1v) is 8.83. The molecule has 0 saturated carbocycles. The smallest absolute Gasteiger partial charge is 0.0707 e. The van der Waals surface area contributed by atoms with Crippen molar-refractivity contribution in [2.75, 3.05) is 46.3 Å². The molecule has 0 spiro atoms. The molecule has 0 amide bonds. The molecule has 4 heteroatoms. The van der Waals surface area contributed by atoms with Gasteiger partial charge >= 0.3 is 0 Å². The lowest BCUT2D eigenvalue weighted by Gasteiger charge is -2.30. The van der Waals surface area contributed by atoms with E-state index in [-0.39, 0.29) is 0 Å². The Bertz CT molecular complexity index is 298. The van der Waals surface area contributed by atoms with Gasteiger partial charge in [-0.2, -0.15) is 0 Å². The molecule has 0 radical (unpaired) electrons. The monoisotopic (exact) mass is 297 g/mol. The summed E-state index contributed by atoms with van der Waals surface area (Å²) in [7, 11) is 2.24. The topological polar surface area (TPSA) is 27.7 Å². The zero-order valence-electron chi connectivity index (χ0n) is 14.5. The summed E-state index contributed by atoms with van der Waals surface area (Å²) in [6.45, 7) is 13.7. The molecule has 0 bridgehead atoms. The largest absolute Gasteiger partial charge is 0.372 e. The Kier molecular flexibility index (Phi) is 6.93. The normalized spacial score (nSPS) is 32.7. The second-order valence-electron chi connectivity index (χ2n) is 7.47. The van der Waals surface area contributed by atoms with Gasteiger partial charge in [-0.05, 0) is 58.8 Å². The van der Waals surface area contributed by atoms with E-state index < -0.39 is 0 Å². The van der Waals surface area contributed by atoms with Gasteiger partial charge in [0.1, 0.15) is 0 Å². The van der Waals surface area contributed by atoms with Crippen LogP contribution in [-0.2, 0) is 4.74 Å². The molecular formula is C17H35N3O. The van der Waals surface area contributed by atoms with Gasteiger partial charge in [0.25, 0.3) is 0 Å². The molecule has 0 aromatic carbocycles. The Morgan fingerprint density at radius 1 is 1.19 bits per heavy atom. The summed E-state index contributed by atoms with van der Waals surface area (Å²) in [5.74, 6) is 0.720. The number of hydrogen-bond acceptors (Lipinski definition) is 4. The fourth-order valence-electron chi connectivity index (χ4n) is 3.55. The van der Waals surface area contributed by atoms with E-state index in [4.69, 9.17) is 4.74 Å². The highest BCUT2D eigenvalue weighted by molar-refractivity contribution is 4.82. The van der Waals surface area contributed by atoms with Crippen molar-refractivity contribution in [1.29, 1.82) is 0 Å². The molecule has 21 heavy (non-hydrogen) atoms. The van der Waals surface area contributed by atoms with Crippen LogP contribution >= 0.6 is 0 Å². The summed E-state index contributed by atoms with van der Waals surface area (Å²) in [4.78, 5) is 5.09. The van der Waals surface area contributed by atoms with E-state index in [0.29, 0.717) is 18.2 Å². The van der Waals surface area contributed by atoms with E-state index >= 15 is 0 Å². The predicted molar refractivity (Wildman–Crippen MR) is 88.8 cm³/mol. The highest BCUT2D eigenvalue weighted by Gasteiger charge is 2.29. The van der Waals surface area contributed by atoms with Crippen molar-refractivity contribution in [3.8, 4) is 0 Å². The van der Waals surface area contributed by atoms with Crippen molar-refractivity contribution in [1.82, 2.24) is 15.1 Å². The maximum atomic E-state index is 6.24. The molecule has 2 heterocycles. The summed E-state index contributed by atoms with van der Waals surface area (Å²) in [6, 6.07) is 0.652. The van der Waals surface area contributed by atoms with Gasteiger partial charge in [0.15, 0.2) is 0 Å². The first kappa shape index (κ1) is 17.2. The molecule has 0 aliphatic carbocycles. The van der Waals surface area contributed by atoms with Crippen LogP contribution in [0.1, 0.15) is 40.0 Å². The molecular weight excluding hydrogens is 262 g/mol. The number of likely N-dealkylation sites (N-methyl/N-ethyl adjacent to an activating group) is 1. The minimum atomic E-state index is 0.429. The summed E-state index contributed by atoms with van der Waals surface area (Å²) in [6.07, 6.45) is 4.61. The van der Waals surface area contributed by atoms with Crippen molar-refractivity contribution in [2.24, 2.45) is 5.92 Å². The molecule has 0 aromatic rings. The second-order valence-corrected chi connectivity index (χ2v) is 7.47. The van der Waals surface area contributed by atoms with E-state index in [2.05, 4.69) is 42.9 Å². The molecule has 2 rings (SSSR count). The number of hydrogen-bond donors (Lipinski definition) is 1. The third-order valence-electron chi connectivity index (χ3n) is 4.74. The van der Waals surface area contributed by atoms with Gasteiger partial charge < -0.3 is 15.0 Å². The molecule has 0 aromatic heterocycles. The lowest BCUT2D eigenvalue weighted by atomic mass is 10.1. The highest BCUT2D eigenvalue weighted by atomic mass is 16.5. The van der Waals surface area contributed by atoms with Gasteiger partial charge in [-0.25, -0.2) is 0 Å². The summed E-state index contributed by atoms with van der Waals surface area (Å²) in [5, 5.41) is 3.53. The Morgan fingerprint density at radius 3 is 2.71 bits per heavy atom. The van der Waals surface area contributed by atoms with Crippen molar-refractivity contribution < 1.29 is 4.74 Å². The second kappa shape index (κ2) is 8.47. The quantitative estimate of drug-likeness (QED) is 0.809. The average molecular weight is 297 g/mol. The fraction of sp³-hybridized carbons (Fsp3) is 1.00. The first-order valence-electron chi connectivity index (χ1n) is 8.83. The highest BCUT2D eigenvalue weighted by Crippen LogP contribution is 2.21. The van der Waals surface area contributed by atoms with Gasteiger partial charge in [0, 0.05) is 25.7 Å². The summed E-state index contributed by atoms with van der Waals surface area (Å²) >= 11 is 0. The third kappa shape index (κ3) is 5.85.